The smallest absolute Gasteiger partial charge is 0.242 e. The van der Waals surface area contributed by atoms with Crippen molar-refractivity contribution in [1.82, 2.24) is 4.72 Å². The van der Waals surface area contributed by atoms with E-state index in [-0.39, 0.29) is 16.3 Å². The Morgan fingerprint density at radius 2 is 1.68 bits per heavy atom. The van der Waals surface area contributed by atoms with Crippen LogP contribution in [0.15, 0.2) is 77.7 Å². The van der Waals surface area contributed by atoms with E-state index in [0.717, 1.165) is 5.56 Å². The Hall–Kier alpha value is -2.58. The van der Waals surface area contributed by atoms with Crippen molar-refractivity contribution in [2.45, 2.75) is 17.4 Å². The van der Waals surface area contributed by atoms with Gasteiger partial charge in [-0.2, -0.15) is 4.72 Å². The van der Waals surface area contributed by atoms with E-state index in [9.17, 15) is 13.2 Å². The molecular formula is C22H20Cl2N2O4S. The number of nitrogens with one attached hydrogen (secondary N) is 2. The SMILES string of the molecule is COc1ccc(S(=O)(=O)NC(Cc2ccccc2)C(=O)Nc2ccc(Cl)cc2)cc1Cl. The topological polar surface area (TPSA) is 84.5 Å². The number of carbonyl (C=O) groups excluding carboxylic acids is 1. The van der Waals surface area contributed by atoms with Crippen LogP contribution in [0.2, 0.25) is 10.0 Å². The first-order valence-corrected chi connectivity index (χ1v) is 11.5. The van der Waals surface area contributed by atoms with Crippen molar-refractivity contribution >= 4 is 44.8 Å². The third kappa shape index (κ3) is 6.21. The van der Waals surface area contributed by atoms with Gasteiger partial charge in [0.1, 0.15) is 11.8 Å². The van der Waals surface area contributed by atoms with Gasteiger partial charge in [0, 0.05) is 10.7 Å². The molecule has 3 rings (SSSR count). The maximum atomic E-state index is 13.0. The summed E-state index contributed by atoms with van der Waals surface area (Å²) in [7, 11) is -2.61. The van der Waals surface area contributed by atoms with Gasteiger partial charge in [-0.15, -0.1) is 0 Å². The Morgan fingerprint density at radius 1 is 1.00 bits per heavy atom. The molecule has 0 spiro atoms. The van der Waals surface area contributed by atoms with Crippen LogP contribution in [0.25, 0.3) is 0 Å². The first-order chi connectivity index (χ1) is 14.8. The van der Waals surface area contributed by atoms with Crippen LogP contribution in [0.5, 0.6) is 5.75 Å². The van der Waals surface area contributed by atoms with Crippen LogP contribution >= 0.6 is 23.2 Å². The summed E-state index contributed by atoms with van der Waals surface area (Å²) in [6, 6.07) is 18.7. The lowest BCUT2D eigenvalue weighted by atomic mass is 10.1. The van der Waals surface area contributed by atoms with E-state index in [1.165, 1.54) is 25.3 Å². The van der Waals surface area contributed by atoms with Crippen LogP contribution in [-0.2, 0) is 21.2 Å². The molecule has 0 heterocycles. The quantitative estimate of drug-likeness (QED) is 0.497. The number of hydrogen-bond donors (Lipinski definition) is 2. The Labute approximate surface area is 191 Å². The second kappa shape index (κ2) is 10.2. The molecule has 1 amide bonds. The second-order valence-corrected chi connectivity index (χ2v) is 9.21. The second-order valence-electron chi connectivity index (χ2n) is 6.66. The first-order valence-electron chi connectivity index (χ1n) is 9.25. The number of benzene rings is 3. The minimum absolute atomic E-state index is 0.0735. The molecule has 3 aromatic rings. The van der Waals surface area contributed by atoms with Crippen molar-refractivity contribution in [3.63, 3.8) is 0 Å². The predicted octanol–water partition coefficient (Wildman–Crippen LogP) is 4.53. The van der Waals surface area contributed by atoms with E-state index >= 15 is 0 Å². The van der Waals surface area contributed by atoms with Gasteiger partial charge in [0.25, 0.3) is 0 Å². The van der Waals surface area contributed by atoms with Crippen molar-refractivity contribution in [2.24, 2.45) is 0 Å². The van der Waals surface area contributed by atoms with E-state index in [0.29, 0.717) is 16.5 Å². The highest BCUT2D eigenvalue weighted by Crippen LogP contribution is 2.27. The molecule has 0 saturated heterocycles. The van der Waals surface area contributed by atoms with Crippen molar-refractivity contribution < 1.29 is 17.9 Å². The molecule has 0 aliphatic heterocycles. The number of halogens is 2. The predicted molar refractivity (Wildman–Crippen MR) is 122 cm³/mol. The van der Waals surface area contributed by atoms with Crippen molar-refractivity contribution in [3.05, 3.63) is 88.4 Å². The van der Waals surface area contributed by atoms with Gasteiger partial charge in [-0.05, 0) is 54.4 Å². The van der Waals surface area contributed by atoms with Crippen LogP contribution in [-0.4, -0.2) is 27.5 Å². The summed E-state index contributed by atoms with van der Waals surface area (Å²) in [4.78, 5) is 12.9. The number of anilines is 1. The van der Waals surface area contributed by atoms with Crippen molar-refractivity contribution in [3.8, 4) is 5.75 Å². The normalized spacial score (nSPS) is 12.2. The first kappa shape index (κ1) is 23.1. The third-order valence-electron chi connectivity index (χ3n) is 4.44. The lowest BCUT2D eigenvalue weighted by molar-refractivity contribution is -0.117. The number of methoxy groups -OCH3 is 1. The Kier molecular flexibility index (Phi) is 7.56. The van der Waals surface area contributed by atoms with Crippen LogP contribution in [0.4, 0.5) is 5.69 Å². The number of ether oxygens (including phenoxy) is 1. The largest absolute Gasteiger partial charge is 0.495 e. The highest BCUT2D eigenvalue weighted by Gasteiger charge is 2.27. The standard InChI is InChI=1S/C22H20Cl2N2O4S/c1-30-21-12-11-18(14-19(21)24)31(28,29)26-20(13-15-5-3-2-4-6-15)22(27)25-17-9-7-16(23)8-10-17/h2-12,14,20,26H,13H2,1H3,(H,25,27). The maximum absolute atomic E-state index is 13.0. The monoisotopic (exact) mass is 478 g/mol. The van der Waals surface area contributed by atoms with Crippen LogP contribution in [0.1, 0.15) is 5.56 Å². The van der Waals surface area contributed by atoms with Gasteiger partial charge >= 0.3 is 0 Å². The van der Waals surface area contributed by atoms with Crippen LogP contribution in [0.3, 0.4) is 0 Å². The van der Waals surface area contributed by atoms with E-state index < -0.39 is 22.0 Å². The van der Waals surface area contributed by atoms with Crippen molar-refractivity contribution in [1.29, 1.82) is 0 Å². The van der Waals surface area contributed by atoms with Gasteiger partial charge in [-0.25, -0.2) is 8.42 Å². The molecule has 6 nitrogen and oxygen atoms in total. The molecule has 1 unspecified atom stereocenters. The summed E-state index contributed by atoms with van der Waals surface area (Å²) in [5, 5.41) is 3.40. The summed E-state index contributed by atoms with van der Waals surface area (Å²) in [5.41, 5.74) is 1.30. The molecule has 0 aromatic heterocycles. The summed E-state index contributed by atoms with van der Waals surface area (Å²) in [5.74, 6) is -0.156. The van der Waals surface area contributed by atoms with Gasteiger partial charge in [-0.3, -0.25) is 4.79 Å². The fourth-order valence-electron chi connectivity index (χ4n) is 2.87. The van der Waals surface area contributed by atoms with Crippen molar-refractivity contribution in [2.75, 3.05) is 12.4 Å². The van der Waals surface area contributed by atoms with Gasteiger partial charge < -0.3 is 10.1 Å². The number of amides is 1. The van der Waals surface area contributed by atoms with E-state index in [4.69, 9.17) is 27.9 Å². The molecule has 0 aliphatic carbocycles. The molecule has 0 saturated carbocycles. The third-order valence-corrected chi connectivity index (χ3v) is 6.46. The van der Waals surface area contributed by atoms with Gasteiger partial charge in [0.05, 0.1) is 17.0 Å². The molecule has 0 bridgehead atoms. The van der Waals surface area contributed by atoms with Crippen LogP contribution in [0, 0.1) is 0 Å². The molecule has 0 radical (unpaired) electrons. The molecule has 1 atom stereocenters. The maximum Gasteiger partial charge on any atom is 0.242 e. The zero-order valence-electron chi connectivity index (χ0n) is 16.5. The minimum Gasteiger partial charge on any atom is -0.495 e. The zero-order chi connectivity index (χ0) is 22.4. The number of rotatable bonds is 8. The molecule has 31 heavy (non-hydrogen) atoms. The lowest BCUT2D eigenvalue weighted by Crippen LogP contribution is -2.45. The van der Waals surface area contributed by atoms with E-state index in [1.807, 2.05) is 30.3 Å². The number of carbonyl (C=O) groups is 1. The van der Waals surface area contributed by atoms with Gasteiger partial charge in [-0.1, -0.05) is 53.5 Å². The highest BCUT2D eigenvalue weighted by molar-refractivity contribution is 7.89. The zero-order valence-corrected chi connectivity index (χ0v) is 18.8. The average Bonchev–Trinajstić information content (AvgIpc) is 2.75. The minimum atomic E-state index is -4.04. The Bertz CT molecular complexity index is 1150. The fraction of sp³-hybridized carbons (Fsp3) is 0.136. The average molecular weight is 479 g/mol. The van der Waals surface area contributed by atoms with Crippen LogP contribution < -0.4 is 14.8 Å². The Balaban J connectivity index is 1.87. The lowest BCUT2D eigenvalue weighted by Gasteiger charge is -2.19. The van der Waals surface area contributed by atoms with Gasteiger partial charge in [0.2, 0.25) is 15.9 Å². The highest BCUT2D eigenvalue weighted by atomic mass is 35.5. The summed E-state index contributed by atoms with van der Waals surface area (Å²) in [6.07, 6.45) is 0.156. The molecule has 9 heteroatoms. The molecule has 0 aliphatic rings. The number of hydrogen-bond acceptors (Lipinski definition) is 4. The van der Waals surface area contributed by atoms with E-state index in [1.54, 1.807) is 24.3 Å². The molecule has 2 N–H and O–H groups in total. The number of sulfonamides is 1. The fourth-order valence-corrected chi connectivity index (χ4v) is 4.54. The van der Waals surface area contributed by atoms with Gasteiger partial charge in [0.15, 0.2) is 0 Å². The Morgan fingerprint density at radius 3 is 2.29 bits per heavy atom. The summed E-state index contributed by atoms with van der Waals surface area (Å²) >= 11 is 12.0. The molecule has 3 aromatic carbocycles. The van der Waals surface area contributed by atoms with E-state index in [2.05, 4.69) is 10.0 Å². The molecule has 0 fully saturated rings. The molecule has 162 valence electrons. The summed E-state index contributed by atoms with van der Waals surface area (Å²) in [6.45, 7) is 0. The molecular weight excluding hydrogens is 459 g/mol. The summed E-state index contributed by atoms with van der Waals surface area (Å²) < 4.78 is 33.5.